The van der Waals surface area contributed by atoms with E-state index < -0.39 is 23.3 Å². The molecule has 0 aliphatic carbocycles. The number of anilines is 3. The van der Waals surface area contributed by atoms with Crippen molar-refractivity contribution in [3.63, 3.8) is 0 Å². The Labute approximate surface area is 204 Å². The minimum Gasteiger partial charge on any atom is -0.367 e. The number of amides is 4. The average molecular weight is 466 g/mol. The lowest BCUT2D eigenvalue weighted by atomic mass is 9.68. The first kappa shape index (κ1) is 21.6. The van der Waals surface area contributed by atoms with Crippen molar-refractivity contribution in [3.8, 4) is 0 Å². The van der Waals surface area contributed by atoms with Gasteiger partial charge in [0.1, 0.15) is 0 Å². The lowest BCUT2D eigenvalue weighted by Gasteiger charge is -2.51. The van der Waals surface area contributed by atoms with Gasteiger partial charge in [0.25, 0.3) is 11.8 Å². The molecule has 4 amide bonds. The zero-order chi connectivity index (χ0) is 24.3. The Bertz CT molecular complexity index is 1280. The van der Waals surface area contributed by atoms with Gasteiger partial charge < -0.3 is 4.90 Å². The molecule has 0 unspecified atom stereocenters. The number of carbonyl (C=O) groups excluding carboxylic acids is 3. The first-order valence-corrected chi connectivity index (χ1v) is 12.1. The van der Waals surface area contributed by atoms with Crippen LogP contribution < -0.4 is 14.7 Å². The molecule has 1 spiro atoms. The molecule has 3 heterocycles. The molecular formula is C29H27N3O3. The Hall–Kier alpha value is -3.93. The molecule has 3 aromatic rings. The second-order valence-corrected chi connectivity index (χ2v) is 9.86. The highest BCUT2D eigenvalue weighted by Crippen LogP contribution is 2.50. The van der Waals surface area contributed by atoms with Crippen LogP contribution in [0.5, 0.6) is 0 Å². The predicted molar refractivity (Wildman–Crippen MR) is 136 cm³/mol. The van der Waals surface area contributed by atoms with Gasteiger partial charge in [-0.1, -0.05) is 53.6 Å². The third kappa shape index (κ3) is 3.05. The second-order valence-electron chi connectivity index (χ2n) is 9.86. The van der Waals surface area contributed by atoms with Gasteiger partial charge in [-0.3, -0.25) is 9.59 Å². The number of carbonyl (C=O) groups is 3. The second kappa shape index (κ2) is 7.80. The van der Waals surface area contributed by atoms with Crippen molar-refractivity contribution < 1.29 is 14.4 Å². The highest BCUT2D eigenvalue weighted by Gasteiger charge is 2.65. The number of hydrogen-bond acceptors (Lipinski definition) is 4. The Balaban J connectivity index is 1.57. The topological polar surface area (TPSA) is 60.9 Å². The molecule has 0 aromatic heterocycles. The minimum absolute atomic E-state index is 0.278. The van der Waals surface area contributed by atoms with Crippen molar-refractivity contribution in [1.82, 2.24) is 0 Å². The van der Waals surface area contributed by atoms with Crippen molar-refractivity contribution in [2.24, 2.45) is 5.41 Å². The minimum atomic E-state index is -1.38. The lowest BCUT2D eigenvalue weighted by Crippen LogP contribution is -2.72. The van der Waals surface area contributed by atoms with E-state index >= 15 is 0 Å². The van der Waals surface area contributed by atoms with Crippen LogP contribution >= 0.6 is 0 Å². The molecule has 2 saturated heterocycles. The summed E-state index contributed by atoms with van der Waals surface area (Å²) in [6.45, 7) is 4.70. The highest BCUT2D eigenvalue weighted by molar-refractivity contribution is 6.39. The Morgan fingerprint density at radius 1 is 0.743 bits per heavy atom. The largest absolute Gasteiger partial charge is 0.367 e. The lowest BCUT2D eigenvalue weighted by molar-refractivity contribution is -0.142. The molecule has 35 heavy (non-hydrogen) atoms. The summed E-state index contributed by atoms with van der Waals surface area (Å²) in [6, 6.07) is 21.7. The number of para-hydroxylation sites is 1. The molecule has 1 atom stereocenters. The van der Waals surface area contributed by atoms with Gasteiger partial charge in [0.15, 0.2) is 5.41 Å². The van der Waals surface area contributed by atoms with E-state index in [1.165, 1.54) is 9.80 Å². The van der Waals surface area contributed by atoms with E-state index in [1.54, 1.807) is 24.3 Å². The summed E-state index contributed by atoms with van der Waals surface area (Å²) < 4.78 is 0. The molecule has 0 saturated carbocycles. The molecule has 0 bridgehead atoms. The van der Waals surface area contributed by atoms with E-state index in [1.807, 2.05) is 56.3 Å². The quantitative estimate of drug-likeness (QED) is 0.499. The fourth-order valence-electron chi connectivity index (χ4n) is 5.97. The highest BCUT2D eigenvalue weighted by atomic mass is 16.2. The summed E-state index contributed by atoms with van der Waals surface area (Å²) in [6.07, 6.45) is 1.90. The number of benzene rings is 3. The molecule has 6 nitrogen and oxygen atoms in total. The summed E-state index contributed by atoms with van der Waals surface area (Å²) in [5, 5.41) is 0. The maximum Gasteiger partial charge on any atom is 0.342 e. The maximum absolute atomic E-state index is 14.4. The van der Waals surface area contributed by atoms with Gasteiger partial charge in [0.05, 0.1) is 17.4 Å². The molecule has 6 heteroatoms. The van der Waals surface area contributed by atoms with Crippen LogP contribution in [0.3, 0.4) is 0 Å². The summed E-state index contributed by atoms with van der Waals surface area (Å²) >= 11 is 0. The van der Waals surface area contributed by atoms with Gasteiger partial charge in [-0.25, -0.2) is 14.6 Å². The van der Waals surface area contributed by atoms with Crippen LogP contribution in [0, 0.1) is 19.3 Å². The van der Waals surface area contributed by atoms with Gasteiger partial charge >= 0.3 is 6.03 Å². The number of rotatable bonds is 2. The van der Waals surface area contributed by atoms with Crippen LogP contribution in [-0.4, -0.2) is 30.4 Å². The van der Waals surface area contributed by atoms with Gasteiger partial charge in [0.2, 0.25) is 0 Å². The summed E-state index contributed by atoms with van der Waals surface area (Å²) in [5.41, 5.74) is 3.70. The molecular weight excluding hydrogens is 438 g/mol. The molecule has 6 rings (SSSR count). The zero-order valence-corrected chi connectivity index (χ0v) is 19.9. The van der Waals surface area contributed by atoms with Gasteiger partial charge in [-0.15, -0.1) is 0 Å². The summed E-state index contributed by atoms with van der Waals surface area (Å²) in [5.74, 6) is -0.850. The van der Waals surface area contributed by atoms with E-state index in [4.69, 9.17) is 0 Å². The number of fused-ring (bicyclic) bond motifs is 4. The van der Waals surface area contributed by atoms with Crippen LogP contribution in [0.1, 0.15) is 29.5 Å². The van der Waals surface area contributed by atoms with Crippen molar-refractivity contribution in [2.45, 2.75) is 39.2 Å². The van der Waals surface area contributed by atoms with Crippen molar-refractivity contribution >= 4 is 34.9 Å². The monoisotopic (exact) mass is 465 g/mol. The maximum atomic E-state index is 14.4. The number of aryl methyl sites for hydroxylation is 2. The fraction of sp³-hybridized carbons (Fsp3) is 0.276. The van der Waals surface area contributed by atoms with Crippen molar-refractivity contribution in [2.75, 3.05) is 21.2 Å². The van der Waals surface area contributed by atoms with E-state index in [-0.39, 0.29) is 12.5 Å². The van der Waals surface area contributed by atoms with Gasteiger partial charge in [0, 0.05) is 12.2 Å². The first-order valence-electron chi connectivity index (χ1n) is 12.1. The molecule has 0 N–H and O–H groups in total. The van der Waals surface area contributed by atoms with Crippen LogP contribution in [0.4, 0.5) is 21.9 Å². The predicted octanol–water partition coefficient (Wildman–Crippen LogP) is 5.01. The standard InChI is InChI=1S/C29H27N3O3/c1-19-9-13-22(14-10-19)31-26(33)29(27(34)32(28(31)35)23-15-11-20(2)12-16-23)18-21-6-3-4-7-24(21)30-17-5-8-25(29)30/h3-4,6-7,9-16,25H,5,8,17-18H2,1-2H3/t25-/m1/s1. The normalized spacial score (nSPS) is 20.9. The van der Waals surface area contributed by atoms with Crippen LogP contribution in [-0.2, 0) is 16.0 Å². The zero-order valence-electron chi connectivity index (χ0n) is 19.9. The number of urea groups is 1. The van der Waals surface area contributed by atoms with Gasteiger partial charge in [-0.05, 0) is 69.0 Å². The summed E-state index contributed by atoms with van der Waals surface area (Å²) in [4.78, 5) is 47.4. The Morgan fingerprint density at radius 2 is 1.29 bits per heavy atom. The average Bonchev–Trinajstić information content (AvgIpc) is 3.36. The van der Waals surface area contributed by atoms with E-state index in [2.05, 4.69) is 11.0 Å². The number of imide groups is 2. The Morgan fingerprint density at radius 3 is 1.86 bits per heavy atom. The smallest absolute Gasteiger partial charge is 0.342 e. The van der Waals surface area contributed by atoms with Crippen LogP contribution in [0.15, 0.2) is 72.8 Å². The van der Waals surface area contributed by atoms with E-state index in [9.17, 15) is 14.4 Å². The molecule has 176 valence electrons. The van der Waals surface area contributed by atoms with Crippen LogP contribution in [0.2, 0.25) is 0 Å². The summed E-state index contributed by atoms with van der Waals surface area (Å²) in [7, 11) is 0. The SMILES string of the molecule is Cc1ccc(N2C(=O)N(c3ccc(C)cc3)C(=O)C3(Cc4ccccc4N4CCC[C@@H]43)C2=O)cc1. The first-order chi connectivity index (χ1) is 16.9. The number of hydrogen-bond donors (Lipinski definition) is 0. The van der Waals surface area contributed by atoms with Gasteiger partial charge in [-0.2, -0.15) is 0 Å². The fourth-order valence-corrected chi connectivity index (χ4v) is 5.97. The molecule has 3 aliphatic rings. The van der Waals surface area contributed by atoms with Crippen LogP contribution in [0.25, 0.3) is 0 Å². The molecule has 0 radical (unpaired) electrons. The molecule has 3 aliphatic heterocycles. The Kier molecular flexibility index (Phi) is 4.81. The molecule has 3 aromatic carbocycles. The number of barbiturate groups is 1. The van der Waals surface area contributed by atoms with Crippen molar-refractivity contribution in [1.29, 1.82) is 0 Å². The number of nitrogens with zero attached hydrogens (tertiary/aromatic N) is 3. The van der Waals surface area contributed by atoms with Crippen molar-refractivity contribution in [3.05, 3.63) is 89.5 Å². The molecule has 2 fully saturated rings. The third-order valence-electron chi connectivity index (χ3n) is 7.73. The van der Waals surface area contributed by atoms with E-state index in [0.29, 0.717) is 11.4 Å². The third-order valence-corrected chi connectivity index (χ3v) is 7.73. The van der Waals surface area contributed by atoms with E-state index in [0.717, 1.165) is 41.8 Å².